The van der Waals surface area contributed by atoms with Gasteiger partial charge in [0, 0.05) is 5.69 Å². The molecule has 0 saturated heterocycles. The lowest BCUT2D eigenvalue weighted by atomic mass is 10.1. The molecule has 8 nitrogen and oxygen atoms in total. The second-order valence-corrected chi connectivity index (χ2v) is 6.38. The van der Waals surface area contributed by atoms with E-state index in [0.717, 1.165) is 0 Å². The fraction of sp³-hybridized carbons (Fsp3) is 0.143. The topological polar surface area (TPSA) is 107 Å². The van der Waals surface area contributed by atoms with Gasteiger partial charge in [-0.2, -0.15) is 0 Å². The number of para-hydroxylation sites is 1. The van der Waals surface area contributed by atoms with Crippen LogP contribution in [0.5, 0.6) is 0 Å². The normalized spacial score (nSPS) is 11.9. The quantitative estimate of drug-likeness (QED) is 0.513. The van der Waals surface area contributed by atoms with Crippen molar-refractivity contribution < 1.29 is 23.3 Å². The molecular formula is C21H17N3O5. The van der Waals surface area contributed by atoms with Gasteiger partial charge in [-0.25, -0.2) is 9.78 Å². The minimum Gasteiger partial charge on any atom is -0.463 e. The number of hydrogen-bond donors (Lipinski definition) is 1. The molecule has 1 aromatic carbocycles. The molecule has 0 spiro atoms. The van der Waals surface area contributed by atoms with Gasteiger partial charge >= 0.3 is 5.97 Å². The lowest BCUT2D eigenvalue weighted by Gasteiger charge is -2.14. The van der Waals surface area contributed by atoms with Gasteiger partial charge in [0.05, 0.1) is 22.9 Å². The number of furan rings is 1. The van der Waals surface area contributed by atoms with Crippen LogP contribution in [-0.2, 0) is 9.53 Å². The summed E-state index contributed by atoms with van der Waals surface area (Å²) in [6.45, 7) is 3.20. The molecule has 3 aromatic heterocycles. The number of carbonyl (C=O) groups excluding carboxylic acids is 2. The number of esters is 1. The first-order valence-electron chi connectivity index (χ1n) is 8.90. The van der Waals surface area contributed by atoms with Crippen LogP contribution in [0.4, 0.5) is 5.69 Å². The number of aryl methyl sites for hydroxylation is 1. The molecule has 0 aliphatic heterocycles. The van der Waals surface area contributed by atoms with Crippen LogP contribution in [0.2, 0.25) is 0 Å². The highest BCUT2D eigenvalue weighted by atomic mass is 16.5. The van der Waals surface area contributed by atoms with Crippen molar-refractivity contribution in [2.75, 3.05) is 5.32 Å². The van der Waals surface area contributed by atoms with Crippen molar-refractivity contribution in [1.29, 1.82) is 0 Å². The second kappa shape index (κ2) is 7.59. The van der Waals surface area contributed by atoms with Crippen molar-refractivity contribution in [3.8, 4) is 11.5 Å². The molecule has 1 unspecified atom stereocenters. The number of amides is 1. The van der Waals surface area contributed by atoms with Gasteiger partial charge in [0.2, 0.25) is 0 Å². The number of aromatic nitrogens is 2. The van der Waals surface area contributed by atoms with Crippen molar-refractivity contribution in [2.24, 2.45) is 0 Å². The monoisotopic (exact) mass is 391 g/mol. The Labute approximate surface area is 165 Å². The van der Waals surface area contributed by atoms with Gasteiger partial charge in [0.25, 0.3) is 11.6 Å². The van der Waals surface area contributed by atoms with E-state index in [-0.39, 0.29) is 11.3 Å². The molecule has 29 heavy (non-hydrogen) atoms. The van der Waals surface area contributed by atoms with Crippen LogP contribution in [0.15, 0.2) is 63.7 Å². The number of rotatable bonds is 5. The van der Waals surface area contributed by atoms with Crippen LogP contribution in [-0.4, -0.2) is 28.1 Å². The Kier molecular flexibility index (Phi) is 4.82. The van der Waals surface area contributed by atoms with Gasteiger partial charge in [-0.3, -0.25) is 4.79 Å². The molecule has 0 aliphatic rings. The predicted octanol–water partition coefficient (Wildman–Crippen LogP) is 3.98. The number of pyridine rings is 1. The summed E-state index contributed by atoms with van der Waals surface area (Å²) in [5, 5.41) is 7.01. The summed E-state index contributed by atoms with van der Waals surface area (Å²) in [7, 11) is 0. The first-order chi connectivity index (χ1) is 14.0. The van der Waals surface area contributed by atoms with Crippen molar-refractivity contribution in [3.05, 3.63) is 66.1 Å². The molecule has 0 saturated carbocycles. The highest BCUT2D eigenvalue weighted by molar-refractivity contribution is 6.05. The van der Waals surface area contributed by atoms with Crippen LogP contribution >= 0.6 is 0 Å². The zero-order valence-corrected chi connectivity index (χ0v) is 15.7. The molecule has 8 heteroatoms. The zero-order valence-electron chi connectivity index (χ0n) is 15.7. The van der Waals surface area contributed by atoms with Gasteiger partial charge in [0.15, 0.2) is 11.9 Å². The molecule has 0 aliphatic carbocycles. The Morgan fingerprint density at radius 2 is 1.93 bits per heavy atom. The molecule has 0 bridgehead atoms. The Hall–Kier alpha value is -3.94. The second-order valence-electron chi connectivity index (χ2n) is 6.38. The highest BCUT2D eigenvalue weighted by Crippen LogP contribution is 2.28. The van der Waals surface area contributed by atoms with E-state index in [9.17, 15) is 9.59 Å². The smallest absolute Gasteiger partial charge is 0.339 e. The summed E-state index contributed by atoms with van der Waals surface area (Å²) in [6.07, 6.45) is 0.485. The molecule has 1 atom stereocenters. The van der Waals surface area contributed by atoms with Crippen molar-refractivity contribution >= 4 is 28.7 Å². The van der Waals surface area contributed by atoms with Gasteiger partial charge in [-0.1, -0.05) is 23.4 Å². The summed E-state index contributed by atoms with van der Waals surface area (Å²) >= 11 is 0. The SMILES string of the molecule is Cc1noc2nc(-c3ccco3)cc(C(=O)OC(C)C(=O)Nc3ccccc3)c12. The van der Waals surface area contributed by atoms with Gasteiger partial charge in [0.1, 0.15) is 5.69 Å². The maximum atomic E-state index is 12.9. The van der Waals surface area contributed by atoms with E-state index in [1.54, 1.807) is 43.3 Å². The molecule has 4 aromatic rings. The van der Waals surface area contributed by atoms with Gasteiger partial charge in [-0.15, -0.1) is 0 Å². The number of ether oxygens (including phenoxy) is 1. The summed E-state index contributed by atoms with van der Waals surface area (Å²) in [5.41, 5.74) is 1.88. The van der Waals surface area contributed by atoms with E-state index in [2.05, 4.69) is 15.5 Å². The Balaban J connectivity index is 1.60. The summed E-state index contributed by atoms with van der Waals surface area (Å²) < 4.78 is 16.0. The first kappa shape index (κ1) is 18.4. The molecule has 0 fully saturated rings. The number of hydrogen-bond acceptors (Lipinski definition) is 7. The number of nitrogens with one attached hydrogen (secondary N) is 1. The van der Waals surface area contributed by atoms with E-state index >= 15 is 0 Å². The number of benzene rings is 1. The number of fused-ring (bicyclic) bond motifs is 1. The third kappa shape index (κ3) is 3.73. The van der Waals surface area contributed by atoms with Crippen molar-refractivity contribution in [2.45, 2.75) is 20.0 Å². The molecule has 0 radical (unpaired) electrons. The summed E-state index contributed by atoms with van der Waals surface area (Å²) in [4.78, 5) is 29.6. The van der Waals surface area contributed by atoms with E-state index in [1.807, 2.05) is 6.07 Å². The molecule has 3 heterocycles. The van der Waals surface area contributed by atoms with E-state index in [4.69, 9.17) is 13.7 Å². The summed E-state index contributed by atoms with van der Waals surface area (Å²) in [5.74, 6) is -0.666. The zero-order chi connectivity index (χ0) is 20.4. The molecule has 146 valence electrons. The Morgan fingerprint density at radius 1 is 1.14 bits per heavy atom. The van der Waals surface area contributed by atoms with Crippen molar-refractivity contribution in [3.63, 3.8) is 0 Å². The molecular weight excluding hydrogens is 374 g/mol. The minimum absolute atomic E-state index is 0.185. The number of anilines is 1. The fourth-order valence-electron chi connectivity index (χ4n) is 2.85. The predicted molar refractivity (Wildman–Crippen MR) is 104 cm³/mol. The first-order valence-corrected chi connectivity index (χ1v) is 8.90. The molecule has 1 N–H and O–H groups in total. The van der Waals surface area contributed by atoms with E-state index in [1.165, 1.54) is 19.3 Å². The number of carbonyl (C=O) groups is 2. The lowest BCUT2D eigenvalue weighted by Crippen LogP contribution is -2.30. The average molecular weight is 391 g/mol. The minimum atomic E-state index is -1.02. The fourth-order valence-corrected chi connectivity index (χ4v) is 2.85. The maximum Gasteiger partial charge on any atom is 0.339 e. The molecule has 4 rings (SSSR count). The van der Waals surface area contributed by atoms with Crippen LogP contribution in [0.1, 0.15) is 23.0 Å². The van der Waals surface area contributed by atoms with E-state index < -0.39 is 18.0 Å². The van der Waals surface area contributed by atoms with Gasteiger partial charge in [-0.05, 0) is 44.2 Å². The third-order valence-electron chi connectivity index (χ3n) is 4.31. The summed E-state index contributed by atoms with van der Waals surface area (Å²) in [6, 6.07) is 13.9. The highest BCUT2D eigenvalue weighted by Gasteiger charge is 2.25. The van der Waals surface area contributed by atoms with Crippen LogP contribution < -0.4 is 5.32 Å². The van der Waals surface area contributed by atoms with Gasteiger partial charge < -0.3 is 19.0 Å². The van der Waals surface area contributed by atoms with E-state index in [0.29, 0.717) is 28.2 Å². The lowest BCUT2D eigenvalue weighted by molar-refractivity contribution is -0.123. The van der Waals surface area contributed by atoms with Crippen LogP contribution in [0.3, 0.4) is 0 Å². The average Bonchev–Trinajstić information content (AvgIpc) is 3.38. The maximum absolute atomic E-state index is 12.9. The molecule has 1 amide bonds. The largest absolute Gasteiger partial charge is 0.463 e. The third-order valence-corrected chi connectivity index (χ3v) is 4.31. The van der Waals surface area contributed by atoms with Crippen molar-refractivity contribution in [1.82, 2.24) is 10.1 Å². The standard InChI is InChI=1S/C21H17N3O5/c1-12-18-15(11-16(17-9-6-10-27-17)23-20(18)29-24-12)21(26)28-13(2)19(25)22-14-7-4-3-5-8-14/h3-11,13H,1-2H3,(H,22,25). The number of nitrogens with zero attached hydrogens (tertiary/aromatic N) is 2. The van der Waals surface area contributed by atoms with Crippen LogP contribution in [0.25, 0.3) is 22.6 Å². The Bertz CT molecular complexity index is 1170. The Morgan fingerprint density at radius 3 is 2.66 bits per heavy atom. The van der Waals surface area contributed by atoms with Crippen LogP contribution in [0, 0.1) is 6.92 Å².